The standard InChI is InChI=1S/C11H8Cl2O/c12-8-5-10-7(3-4-14)1-2-9(10)11(13)6-8/h3-6H,1-2H2/b7-3+. The highest BCUT2D eigenvalue weighted by Gasteiger charge is 2.19. The van der Waals surface area contributed by atoms with Gasteiger partial charge in [0.2, 0.25) is 0 Å². The molecule has 0 heterocycles. The van der Waals surface area contributed by atoms with E-state index >= 15 is 0 Å². The molecule has 0 saturated carbocycles. The molecule has 14 heavy (non-hydrogen) atoms. The fourth-order valence-corrected chi connectivity index (χ4v) is 2.38. The maximum absolute atomic E-state index is 10.4. The van der Waals surface area contributed by atoms with Gasteiger partial charge in [0.25, 0.3) is 0 Å². The van der Waals surface area contributed by atoms with E-state index in [0.717, 1.165) is 35.8 Å². The second kappa shape index (κ2) is 3.76. The first-order valence-electron chi connectivity index (χ1n) is 4.35. The van der Waals surface area contributed by atoms with Crippen LogP contribution in [0.2, 0.25) is 10.0 Å². The molecule has 0 fully saturated rings. The normalized spacial score (nSPS) is 17.1. The molecule has 0 bridgehead atoms. The summed E-state index contributed by atoms with van der Waals surface area (Å²) in [4.78, 5) is 10.4. The van der Waals surface area contributed by atoms with Crippen LogP contribution in [0.25, 0.3) is 5.57 Å². The van der Waals surface area contributed by atoms with Gasteiger partial charge < -0.3 is 0 Å². The number of hydrogen-bond acceptors (Lipinski definition) is 1. The first-order valence-corrected chi connectivity index (χ1v) is 5.10. The number of hydrogen-bond donors (Lipinski definition) is 0. The van der Waals surface area contributed by atoms with Crippen LogP contribution in [0.3, 0.4) is 0 Å². The van der Waals surface area contributed by atoms with Gasteiger partial charge in [0.1, 0.15) is 6.29 Å². The van der Waals surface area contributed by atoms with Gasteiger partial charge >= 0.3 is 0 Å². The summed E-state index contributed by atoms with van der Waals surface area (Å²) in [5, 5.41) is 1.31. The highest BCUT2D eigenvalue weighted by atomic mass is 35.5. The SMILES string of the molecule is O=C/C=C1\CCc2c(Cl)cc(Cl)cc21. The van der Waals surface area contributed by atoms with Crippen molar-refractivity contribution in [2.24, 2.45) is 0 Å². The molecule has 1 aromatic carbocycles. The Hall–Kier alpha value is -0.790. The van der Waals surface area contributed by atoms with Gasteiger partial charge in [-0.1, -0.05) is 23.2 Å². The molecule has 1 aromatic rings. The summed E-state index contributed by atoms with van der Waals surface area (Å²) in [5.74, 6) is 0. The minimum Gasteiger partial charge on any atom is -0.299 e. The molecular formula is C11H8Cl2O. The van der Waals surface area contributed by atoms with Crippen molar-refractivity contribution in [2.45, 2.75) is 12.8 Å². The van der Waals surface area contributed by atoms with Gasteiger partial charge in [0, 0.05) is 10.0 Å². The van der Waals surface area contributed by atoms with Crippen LogP contribution in [0.5, 0.6) is 0 Å². The summed E-state index contributed by atoms with van der Waals surface area (Å²) < 4.78 is 0. The van der Waals surface area contributed by atoms with Crippen LogP contribution < -0.4 is 0 Å². The highest BCUT2D eigenvalue weighted by molar-refractivity contribution is 6.35. The smallest absolute Gasteiger partial charge is 0.143 e. The Morgan fingerprint density at radius 1 is 1.21 bits per heavy atom. The molecule has 0 aromatic heterocycles. The average molecular weight is 227 g/mol. The first-order chi connectivity index (χ1) is 6.72. The lowest BCUT2D eigenvalue weighted by atomic mass is 10.1. The van der Waals surface area contributed by atoms with E-state index in [-0.39, 0.29) is 0 Å². The molecule has 1 aliphatic rings. The van der Waals surface area contributed by atoms with Crippen molar-refractivity contribution in [1.29, 1.82) is 0 Å². The monoisotopic (exact) mass is 226 g/mol. The number of benzene rings is 1. The molecule has 0 unspecified atom stereocenters. The number of carbonyl (C=O) groups excluding carboxylic acids is 1. The summed E-state index contributed by atoms with van der Waals surface area (Å²) in [6.45, 7) is 0. The van der Waals surface area contributed by atoms with Gasteiger partial charge in [0.15, 0.2) is 0 Å². The molecule has 0 atom stereocenters. The van der Waals surface area contributed by atoms with Gasteiger partial charge in [-0.25, -0.2) is 0 Å². The fourth-order valence-electron chi connectivity index (χ4n) is 1.79. The maximum Gasteiger partial charge on any atom is 0.143 e. The summed E-state index contributed by atoms with van der Waals surface area (Å²) in [6.07, 6.45) is 4.15. The van der Waals surface area contributed by atoms with Crippen molar-refractivity contribution in [3.05, 3.63) is 39.4 Å². The molecule has 1 nitrogen and oxygen atoms in total. The molecule has 0 spiro atoms. The van der Waals surface area contributed by atoms with E-state index in [1.165, 1.54) is 0 Å². The van der Waals surface area contributed by atoms with E-state index in [4.69, 9.17) is 23.2 Å². The van der Waals surface area contributed by atoms with Crippen molar-refractivity contribution in [2.75, 3.05) is 0 Å². The lowest BCUT2D eigenvalue weighted by molar-refractivity contribution is -0.104. The first kappa shape index (κ1) is 9.75. The quantitative estimate of drug-likeness (QED) is 0.529. The third kappa shape index (κ3) is 1.58. The Morgan fingerprint density at radius 2 is 2.00 bits per heavy atom. The van der Waals surface area contributed by atoms with Crippen LogP contribution in [0, 0.1) is 0 Å². The van der Waals surface area contributed by atoms with Crippen LogP contribution in [0.1, 0.15) is 17.5 Å². The molecule has 1 aliphatic carbocycles. The molecular weight excluding hydrogens is 219 g/mol. The van der Waals surface area contributed by atoms with Crippen LogP contribution >= 0.6 is 23.2 Å². The van der Waals surface area contributed by atoms with E-state index in [0.29, 0.717) is 10.0 Å². The summed E-state index contributed by atoms with van der Waals surface area (Å²) >= 11 is 11.9. The summed E-state index contributed by atoms with van der Waals surface area (Å²) in [5.41, 5.74) is 3.15. The zero-order valence-electron chi connectivity index (χ0n) is 7.39. The zero-order chi connectivity index (χ0) is 10.1. The predicted octanol–water partition coefficient (Wildman–Crippen LogP) is 3.52. The van der Waals surface area contributed by atoms with Crippen molar-refractivity contribution in [1.82, 2.24) is 0 Å². The van der Waals surface area contributed by atoms with Crippen molar-refractivity contribution < 1.29 is 4.79 Å². The highest BCUT2D eigenvalue weighted by Crippen LogP contribution is 2.38. The van der Waals surface area contributed by atoms with Crippen LogP contribution in [0.15, 0.2) is 18.2 Å². The molecule has 72 valence electrons. The van der Waals surface area contributed by atoms with E-state index < -0.39 is 0 Å². The number of halogens is 2. The number of carbonyl (C=O) groups is 1. The summed E-state index contributed by atoms with van der Waals surface area (Å²) in [7, 11) is 0. The molecule has 0 N–H and O–H groups in total. The molecule has 3 heteroatoms. The Balaban J connectivity index is 2.60. The maximum atomic E-state index is 10.4. The van der Waals surface area contributed by atoms with Gasteiger partial charge in [-0.3, -0.25) is 4.79 Å². The Bertz CT molecular complexity index is 422. The lowest BCUT2D eigenvalue weighted by Gasteiger charge is -2.03. The lowest BCUT2D eigenvalue weighted by Crippen LogP contribution is -1.83. The molecule has 0 amide bonds. The molecule has 0 saturated heterocycles. The molecule has 0 radical (unpaired) electrons. The van der Waals surface area contributed by atoms with E-state index in [1.54, 1.807) is 12.1 Å². The minimum absolute atomic E-state index is 0.618. The average Bonchev–Trinajstić information content (AvgIpc) is 2.49. The van der Waals surface area contributed by atoms with E-state index in [1.807, 2.05) is 6.07 Å². The third-order valence-electron chi connectivity index (χ3n) is 2.42. The number of fused-ring (bicyclic) bond motifs is 1. The minimum atomic E-state index is 0.618. The van der Waals surface area contributed by atoms with Crippen molar-refractivity contribution >= 4 is 35.1 Å². The van der Waals surface area contributed by atoms with Gasteiger partial charge in [-0.15, -0.1) is 0 Å². The van der Waals surface area contributed by atoms with Crippen molar-refractivity contribution in [3.63, 3.8) is 0 Å². The summed E-state index contributed by atoms with van der Waals surface area (Å²) in [6, 6.07) is 3.61. The number of rotatable bonds is 1. The van der Waals surface area contributed by atoms with Crippen molar-refractivity contribution in [3.8, 4) is 0 Å². The van der Waals surface area contributed by atoms with E-state index in [9.17, 15) is 4.79 Å². The fraction of sp³-hybridized carbons (Fsp3) is 0.182. The zero-order valence-corrected chi connectivity index (χ0v) is 8.90. The molecule has 2 rings (SSSR count). The predicted molar refractivity (Wildman–Crippen MR) is 58.8 cm³/mol. The van der Waals surface area contributed by atoms with Crippen LogP contribution in [0.4, 0.5) is 0 Å². The van der Waals surface area contributed by atoms with Gasteiger partial charge in [-0.05, 0) is 47.8 Å². The van der Waals surface area contributed by atoms with Gasteiger partial charge in [0.05, 0.1) is 0 Å². The van der Waals surface area contributed by atoms with Crippen LogP contribution in [-0.4, -0.2) is 6.29 Å². The number of aldehydes is 1. The van der Waals surface area contributed by atoms with Gasteiger partial charge in [-0.2, -0.15) is 0 Å². The topological polar surface area (TPSA) is 17.1 Å². The second-order valence-electron chi connectivity index (χ2n) is 3.24. The van der Waals surface area contributed by atoms with Crippen LogP contribution in [-0.2, 0) is 11.2 Å². The van der Waals surface area contributed by atoms with E-state index in [2.05, 4.69) is 0 Å². The Morgan fingerprint density at radius 3 is 2.71 bits per heavy atom. The largest absolute Gasteiger partial charge is 0.299 e. The Labute approximate surface area is 92.3 Å². The third-order valence-corrected chi connectivity index (χ3v) is 2.98. The number of allylic oxidation sites excluding steroid dienone is 2. The Kier molecular flexibility index (Phi) is 2.62. The second-order valence-corrected chi connectivity index (χ2v) is 4.09. The molecule has 0 aliphatic heterocycles.